The number of carbonyl (C=O) groups is 2. The Morgan fingerprint density at radius 3 is 1.98 bits per heavy atom. The molecular weight excluding hydrogens is 718 g/mol. The van der Waals surface area contributed by atoms with E-state index in [1.807, 2.05) is 0 Å². The van der Waals surface area contributed by atoms with E-state index < -0.39 is 96.4 Å². The van der Waals surface area contributed by atoms with Gasteiger partial charge in [0.15, 0.2) is 12.5 Å². The first-order chi connectivity index (χ1) is 26.4. The van der Waals surface area contributed by atoms with Crippen LogP contribution in [0, 0.1) is 5.92 Å². The number of carboxylic acid groups (broad SMARTS) is 1. The number of H-pyrrole nitrogens is 1. The number of aliphatic hydroxyl groups is 4. The third kappa shape index (κ3) is 11.9. The van der Waals surface area contributed by atoms with Crippen LogP contribution in [0.3, 0.4) is 0 Å². The Morgan fingerprint density at radius 2 is 1.45 bits per heavy atom. The number of nitrogens with two attached hydrogens (primary N) is 1. The van der Waals surface area contributed by atoms with Crippen LogP contribution < -0.4 is 22.3 Å². The van der Waals surface area contributed by atoms with Gasteiger partial charge >= 0.3 is 11.7 Å². The highest BCUT2D eigenvalue weighted by atomic mass is 16.7. The minimum absolute atomic E-state index is 0.0620. The summed E-state index contributed by atoms with van der Waals surface area (Å²) in [6.45, 7) is 2.12. The van der Waals surface area contributed by atoms with Crippen LogP contribution in [0.1, 0.15) is 116 Å². The van der Waals surface area contributed by atoms with Gasteiger partial charge in [0.25, 0.3) is 5.56 Å². The van der Waals surface area contributed by atoms with E-state index in [-0.39, 0.29) is 13.1 Å². The van der Waals surface area contributed by atoms with Crippen molar-refractivity contribution in [3.05, 3.63) is 33.1 Å². The van der Waals surface area contributed by atoms with Crippen molar-refractivity contribution in [2.24, 2.45) is 11.7 Å². The molecule has 0 radical (unpaired) electrons. The lowest BCUT2D eigenvalue weighted by molar-refractivity contribution is -0.227. The van der Waals surface area contributed by atoms with E-state index in [0.29, 0.717) is 6.42 Å². The number of aliphatic carboxylic acids is 1. The summed E-state index contributed by atoms with van der Waals surface area (Å²) < 4.78 is 18.6. The van der Waals surface area contributed by atoms with Crippen LogP contribution in [0.4, 0.5) is 0 Å². The van der Waals surface area contributed by atoms with Gasteiger partial charge in [0, 0.05) is 38.3 Å². The lowest BCUT2D eigenvalue weighted by Crippen LogP contribution is -2.59. The summed E-state index contributed by atoms with van der Waals surface area (Å²) in [5.74, 6) is -2.41. The lowest BCUT2D eigenvalue weighted by Gasteiger charge is -2.35. The Labute approximate surface area is 322 Å². The van der Waals surface area contributed by atoms with E-state index in [1.54, 1.807) is 0 Å². The third-order valence-electron chi connectivity index (χ3n) is 11.4. The van der Waals surface area contributed by atoms with Crippen molar-refractivity contribution >= 4 is 11.9 Å². The number of nitrogens with one attached hydrogen (secondary N) is 2. The molecule has 3 fully saturated rings. The molecule has 4 heterocycles. The van der Waals surface area contributed by atoms with Gasteiger partial charge in [-0.25, -0.2) is 9.59 Å². The van der Waals surface area contributed by atoms with E-state index in [4.69, 9.17) is 19.9 Å². The molecule has 12 atom stereocenters. The third-order valence-corrected chi connectivity index (χ3v) is 11.4. The van der Waals surface area contributed by atoms with Gasteiger partial charge in [0.1, 0.15) is 54.8 Å². The zero-order valence-corrected chi connectivity index (χ0v) is 32.4. The van der Waals surface area contributed by atoms with Crippen LogP contribution in [0.2, 0.25) is 0 Å². The maximum atomic E-state index is 14.1. The maximum absolute atomic E-state index is 14.1. The van der Waals surface area contributed by atoms with Crippen LogP contribution in [-0.2, 0) is 23.8 Å². The number of ether oxygens (including phenoxy) is 3. The Hall–Kier alpha value is -2.74. The number of amides is 1. The normalized spacial score (nSPS) is 31.9. The number of nitrogens with zero attached hydrogens (tertiary/aromatic N) is 2. The predicted molar refractivity (Wildman–Crippen MR) is 201 cm³/mol. The van der Waals surface area contributed by atoms with Crippen LogP contribution >= 0.6 is 0 Å². The monoisotopic (exact) mass is 783 g/mol. The van der Waals surface area contributed by atoms with Gasteiger partial charge in [-0.15, -0.1) is 0 Å². The number of likely N-dealkylation sites (N-methyl/N-ethyl adjacent to an activating group) is 1. The Kier molecular flexibility index (Phi) is 18.2. The van der Waals surface area contributed by atoms with Crippen molar-refractivity contribution in [3.63, 3.8) is 0 Å². The van der Waals surface area contributed by atoms with E-state index in [1.165, 1.54) is 77.7 Å². The highest BCUT2D eigenvalue weighted by Gasteiger charge is 2.55. The summed E-state index contributed by atoms with van der Waals surface area (Å²) in [6.07, 6.45) is 5.75. The molecule has 0 aliphatic carbocycles. The number of hydrogen-bond donors (Lipinski definition) is 8. The molecule has 1 amide bonds. The number of aliphatic hydroxyl groups excluding tert-OH is 4. The predicted octanol–water partition coefficient (Wildman–Crippen LogP) is 0.708. The fraction of sp³-hybridized carbons (Fsp3) is 0.842. The average Bonchev–Trinajstić information content (AvgIpc) is 3.55. The summed E-state index contributed by atoms with van der Waals surface area (Å²) in [5.41, 5.74) is 4.06. The van der Waals surface area contributed by atoms with Crippen molar-refractivity contribution in [2.45, 2.75) is 177 Å². The largest absolute Gasteiger partial charge is 0.480 e. The molecule has 55 heavy (non-hydrogen) atoms. The molecule has 1 aromatic rings. The van der Waals surface area contributed by atoms with Crippen LogP contribution in [0.25, 0.3) is 0 Å². The number of carboxylic acids is 1. The standard InChI is InChI=1S/C38H65N5O12/c1-3-4-5-6-7-8-9-10-11-12-13-14-15-16-17-18-23-22-40-26(34(49)42(2)27(23)36(50)51)32(55-37-31(48)28(45)24(21-39)53-37)33-29(46)30(47)35(54-33)43-20-19-25(44)41-38(43)52/h19-20,23-24,26-33,35,37,40,45-48H,3-18,21-22,39H2,1-2H3,(H,50,51)(H,41,44,52)/t23-,24-,26+,27+,28-,29+,30-,31-,32+,33+,35-,37+/m1/s1. The van der Waals surface area contributed by atoms with Crippen molar-refractivity contribution in [1.82, 2.24) is 19.8 Å². The minimum Gasteiger partial charge on any atom is -0.480 e. The number of aromatic nitrogens is 2. The molecule has 3 aliphatic heterocycles. The van der Waals surface area contributed by atoms with Gasteiger partial charge in [0.05, 0.1) is 0 Å². The molecule has 314 valence electrons. The topological polar surface area (TPSA) is 259 Å². The first-order valence-corrected chi connectivity index (χ1v) is 20.3. The molecule has 0 unspecified atom stereocenters. The van der Waals surface area contributed by atoms with Gasteiger partial charge in [-0.05, 0) is 6.42 Å². The van der Waals surface area contributed by atoms with Crippen molar-refractivity contribution in [2.75, 3.05) is 20.1 Å². The average molecular weight is 784 g/mol. The molecule has 0 spiro atoms. The molecular formula is C38H65N5O12. The van der Waals surface area contributed by atoms with E-state index >= 15 is 0 Å². The van der Waals surface area contributed by atoms with Gasteiger partial charge in [0.2, 0.25) is 5.91 Å². The quantitative estimate of drug-likeness (QED) is 0.0712. The summed E-state index contributed by atoms with van der Waals surface area (Å²) in [5, 5.41) is 57.0. The number of carbonyl (C=O) groups excluding carboxylic acids is 1. The fourth-order valence-corrected chi connectivity index (χ4v) is 8.15. The SMILES string of the molecule is CCCCCCCCCCCCCCCCC[C@@H]1CN[C@@H]([C@H](O[C@@H]2O[C@H](CN)[C@@H](O)[C@H]2O)[C@H]2O[C@@H](n3ccc(=O)[nH]c3=O)[C@H](O)[C@@H]2O)C(=O)N(C)[C@@H]1C(=O)O. The zero-order chi connectivity index (χ0) is 40.1. The molecule has 3 saturated heterocycles. The smallest absolute Gasteiger partial charge is 0.330 e. The van der Waals surface area contributed by atoms with E-state index in [9.17, 15) is 44.7 Å². The highest BCUT2D eigenvalue weighted by Crippen LogP contribution is 2.35. The molecule has 17 nitrogen and oxygen atoms in total. The van der Waals surface area contributed by atoms with Gasteiger partial charge in [-0.1, -0.05) is 103 Å². The summed E-state index contributed by atoms with van der Waals surface area (Å²) >= 11 is 0. The Balaban J connectivity index is 1.39. The molecule has 0 bridgehead atoms. The molecule has 0 saturated carbocycles. The second-order valence-electron chi connectivity index (χ2n) is 15.5. The lowest BCUT2D eigenvalue weighted by atomic mass is 9.92. The van der Waals surface area contributed by atoms with Gasteiger partial charge in [-0.3, -0.25) is 19.1 Å². The first-order valence-electron chi connectivity index (χ1n) is 20.3. The molecule has 17 heteroatoms. The fourth-order valence-electron chi connectivity index (χ4n) is 8.15. The molecule has 3 aliphatic rings. The molecule has 1 aromatic heterocycles. The van der Waals surface area contributed by atoms with E-state index in [0.717, 1.165) is 47.4 Å². The molecule has 9 N–H and O–H groups in total. The number of aromatic amines is 1. The summed E-state index contributed by atoms with van der Waals surface area (Å²) in [7, 11) is 1.37. The van der Waals surface area contributed by atoms with Crippen LogP contribution in [0.5, 0.6) is 0 Å². The van der Waals surface area contributed by atoms with Gasteiger partial charge < -0.3 is 55.7 Å². The van der Waals surface area contributed by atoms with E-state index in [2.05, 4.69) is 17.2 Å². The van der Waals surface area contributed by atoms with Crippen molar-refractivity contribution < 1.29 is 49.3 Å². The Morgan fingerprint density at radius 1 is 0.873 bits per heavy atom. The number of hydrogen-bond acceptors (Lipinski definition) is 13. The molecule has 0 aromatic carbocycles. The van der Waals surface area contributed by atoms with Crippen molar-refractivity contribution in [3.8, 4) is 0 Å². The first kappa shape index (κ1) is 45.0. The Bertz CT molecular complexity index is 1440. The number of unbranched alkanes of at least 4 members (excludes halogenated alkanes) is 14. The zero-order valence-electron chi connectivity index (χ0n) is 32.4. The van der Waals surface area contributed by atoms with Crippen LogP contribution in [-0.4, -0.2) is 133 Å². The minimum atomic E-state index is -1.78. The van der Waals surface area contributed by atoms with Gasteiger partial charge in [-0.2, -0.15) is 0 Å². The van der Waals surface area contributed by atoms with Crippen LogP contribution in [0.15, 0.2) is 21.9 Å². The molecule has 4 rings (SSSR count). The summed E-state index contributed by atoms with van der Waals surface area (Å²) in [6, 6.07) is -1.57. The second kappa shape index (κ2) is 22.3. The second-order valence-corrected chi connectivity index (χ2v) is 15.5. The summed E-state index contributed by atoms with van der Waals surface area (Å²) in [4.78, 5) is 54.2. The number of rotatable bonds is 23. The highest BCUT2D eigenvalue weighted by molar-refractivity contribution is 5.88. The maximum Gasteiger partial charge on any atom is 0.330 e. The van der Waals surface area contributed by atoms with Crippen molar-refractivity contribution in [1.29, 1.82) is 0 Å².